The molecule has 0 aliphatic rings. The van der Waals surface area contributed by atoms with Crippen molar-refractivity contribution in [3.63, 3.8) is 0 Å². The smallest absolute Gasteiger partial charge is 0.408 e. The van der Waals surface area contributed by atoms with Crippen molar-refractivity contribution < 1.29 is 41.4 Å². The highest BCUT2D eigenvalue weighted by Gasteiger charge is 2.33. The average Bonchev–Trinajstić information content (AvgIpc) is 3.08. The van der Waals surface area contributed by atoms with Gasteiger partial charge in [-0.1, -0.05) is 65.7 Å². The van der Waals surface area contributed by atoms with Gasteiger partial charge in [-0.25, -0.2) is 22.3 Å². The van der Waals surface area contributed by atoms with Crippen molar-refractivity contribution >= 4 is 51.1 Å². The van der Waals surface area contributed by atoms with Crippen molar-refractivity contribution in [1.82, 2.24) is 20.3 Å². The fourth-order valence-electron chi connectivity index (χ4n) is 4.85. The molecule has 3 N–H and O–H groups in total. The SMILES string of the molecule is CCOC(CN(C(=O)C(Cc1ccc(F)cc1)NC(=O)C(CNS(=O)(=O)c1ccc(Cl)cc1Cl)NC(=O)OCc1ccccc1)C(C)C)OCC. The fourth-order valence-corrected chi connectivity index (χ4v) is 6.67. The summed E-state index contributed by atoms with van der Waals surface area (Å²) in [7, 11) is -4.33. The van der Waals surface area contributed by atoms with Gasteiger partial charge in [-0.05, 0) is 69.2 Å². The number of benzene rings is 3. The van der Waals surface area contributed by atoms with Crippen LogP contribution < -0.4 is 15.4 Å². The summed E-state index contributed by atoms with van der Waals surface area (Å²) in [6.45, 7) is 7.04. The third-order valence-corrected chi connectivity index (χ3v) is 9.55. The summed E-state index contributed by atoms with van der Waals surface area (Å²) < 4.78 is 59.2. The van der Waals surface area contributed by atoms with Crippen LogP contribution in [0.3, 0.4) is 0 Å². The average molecular weight is 770 g/mol. The predicted octanol–water partition coefficient (Wildman–Crippen LogP) is 5.07. The van der Waals surface area contributed by atoms with E-state index in [9.17, 15) is 27.2 Å². The van der Waals surface area contributed by atoms with Gasteiger partial charge in [-0.2, -0.15) is 0 Å². The molecule has 3 aromatic rings. The zero-order valence-corrected chi connectivity index (χ0v) is 31.1. The second kappa shape index (κ2) is 20.3. The lowest BCUT2D eigenvalue weighted by Crippen LogP contribution is -2.59. The van der Waals surface area contributed by atoms with Crippen LogP contribution >= 0.6 is 23.2 Å². The van der Waals surface area contributed by atoms with E-state index in [4.69, 9.17) is 37.4 Å². The van der Waals surface area contributed by atoms with Crippen molar-refractivity contribution in [2.45, 2.75) is 70.0 Å². The molecule has 0 aromatic heterocycles. The topological polar surface area (TPSA) is 152 Å². The van der Waals surface area contributed by atoms with E-state index in [1.807, 2.05) is 0 Å². The number of rotatable bonds is 19. The molecule has 2 unspecified atom stereocenters. The normalized spacial score (nSPS) is 12.7. The number of sulfonamides is 1. The maximum Gasteiger partial charge on any atom is 0.408 e. The molecule has 0 aliphatic heterocycles. The number of hydrogen-bond donors (Lipinski definition) is 3. The second-order valence-electron chi connectivity index (χ2n) is 11.5. The van der Waals surface area contributed by atoms with Gasteiger partial charge in [0.1, 0.15) is 29.4 Å². The van der Waals surface area contributed by atoms with E-state index in [1.54, 1.807) is 58.0 Å². The molecule has 3 amide bonds. The van der Waals surface area contributed by atoms with Gasteiger partial charge < -0.3 is 29.7 Å². The van der Waals surface area contributed by atoms with Crippen molar-refractivity contribution in [3.05, 3.63) is 99.8 Å². The van der Waals surface area contributed by atoms with Crippen LogP contribution in [0.2, 0.25) is 10.0 Å². The highest BCUT2D eigenvalue weighted by Crippen LogP contribution is 2.24. The van der Waals surface area contributed by atoms with E-state index in [2.05, 4.69) is 15.4 Å². The Kier molecular flexibility index (Phi) is 16.6. The van der Waals surface area contributed by atoms with E-state index >= 15 is 0 Å². The Morgan fingerprint density at radius 3 is 2.10 bits per heavy atom. The molecule has 3 aromatic carbocycles. The van der Waals surface area contributed by atoms with Gasteiger partial charge in [0.15, 0.2) is 6.29 Å². The molecule has 0 heterocycles. The minimum Gasteiger partial charge on any atom is -0.445 e. The Labute approximate surface area is 308 Å². The maximum absolute atomic E-state index is 14.2. The Morgan fingerprint density at radius 1 is 0.863 bits per heavy atom. The Bertz CT molecular complexity index is 1700. The summed E-state index contributed by atoms with van der Waals surface area (Å²) >= 11 is 12.1. The summed E-state index contributed by atoms with van der Waals surface area (Å²) in [5.41, 5.74) is 1.19. The Morgan fingerprint density at radius 2 is 1.51 bits per heavy atom. The van der Waals surface area contributed by atoms with Crippen LogP contribution in [0.15, 0.2) is 77.7 Å². The number of carbonyl (C=O) groups excluding carboxylic acids is 3. The number of amides is 3. The van der Waals surface area contributed by atoms with Crippen molar-refractivity contribution in [2.75, 3.05) is 26.3 Å². The van der Waals surface area contributed by atoms with Crippen LogP contribution in [0.4, 0.5) is 9.18 Å². The first-order valence-corrected chi connectivity index (χ1v) is 18.5. The van der Waals surface area contributed by atoms with Crippen molar-refractivity contribution in [1.29, 1.82) is 0 Å². The zero-order chi connectivity index (χ0) is 37.6. The molecule has 16 heteroatoms. The van der Waals surface area contributed by atoms with Crippen LogP contribution in [0.1, 0.15) is 38.8 Å². The van der Waals surface area contributed by atoms with Crippen LogP contribution in [-0.4, -0.2) is 81.9 Å². The van der Waals surface area contributed by atoms with Gasteiger partial charge >= 0.3 is 6.09 Å². The van der Waals surface area contributed by atoms with Gasteiger partial charge in [-0.15, -0.1) is 0 Å². The zero-order valence-electron chi connectivity index (χ0n) is 28.7. The van der Waals surface area contributed by atoms with E-state index in [-0.39, 0.29) is 40.6 Å². The molecule has 12 nitrogen and oxygen atoms in total. The fraction of sp³-hybridized carbons (Fsp3) is 0.400. The molecular formula is C35H43Cl2FN4O8S. The minimum atomic E-state index is -4.33. The van der Waals surface area contributed by atoms with E-state index in [0.29, 0.717) is 24.3 Å². The van der Waals surface area contributed by atoms with Gasteiger partial charge in [-0.3, -0.25) is 9.59 Å². The standard InChI is InChI=1S/C35H43Cl2FN4O8S/c1-5-48-32(49-6-2)21-42(23(3)4)34(44)29(18-24-12-15-27(38)16-13-24)40-33(43)30(41-35(45)50-22-25-10-8-7-9-11-25)20-39-51(46,47)31-17-14-26(36)19-28(31)37/h7-17,19,23,29-30,32,39H,5-6,18,20-22H2,1-4H3,(H,40,43)(H,41,45). The summed E-state index contributed by atoms with van der Waals surface area (Å²) in [5.74, 6) is -1.92. The first-order chi connectivity index (χ1) is 24.2. The third kappa shape index (κ3) is 13.4. The Balaban J connectivity index is 1.92. The van der Waals surface area contributed by atoms with Gasteiger partial charge in [0.25, 0.3) is 0 Å². The van der Waals surface area contributed by atoms with Gasteiger partial charge in [0.05, 0.1) is 11.6 Å². The first-order valence-electron chi connectivity index (χ1n) is 16.2. The highest BCUT2D eigenvalue weighted by atomic mass is 35.5. The van der Waals surface area contributed by atoms with Crippen LogP contribution in [0.5, 0.6) is 0 Å². The summed E-state index contributed by atoms with van der Waals surface area (Å²) in [5, 5.41) is 5.12. The molecule has 0 saturated heterocycles. The van der Waals surface area contributed by atoms with E-state index < -0.39 is 58.7 Å². The molecule has 278 valence electrons. The molecule has 3 rings (SSSR count). The minimum absolute atomic E-state index is 0.0309. The van der Waals surface area contributed by atoms with Gasteiger partial charge in [0, 0.05) is 37.2 Å². The molecule has 2 atom stereocenters. The molecule has 0 spiro atoms. The lowest BCUT2D eigenvalue weighted by atomic mass is 10.0. The first kappa shape index (κ1) is 41.6. The predicted molar refractivity (Wildman–Crippen MR) is 191 cm³/mol. The lowest BCUT2D eigenvalue weighted by Gasteiger charge is -2.34. The molecule has 0 fully saturated rings. The number of nitrogens with zero attached hydrogens (tertiary/aromatic N) is 1. The quantitative estimate of drug-likeness (QED) is 0.143. The third-order valence-electron chi connectivity index (χ3n) is 7.41. The second-order valence-corrected chi connectivity index (χ2v) is 14.1. The van der Waals surface area contributed by atoms with Gasteiger partial charge in [0.2, 0.25) is 21.8 Å². The van der Waals surface area contributed by atoms with Crippen LogP contribution in [-0.2, 0) is 46.9 Å². The van der Waals surface area contributed by atoms with Crippen LogP contribution in [0.25, 0.3) is 0 Å². The van der Waals surface area contributed by atoms with E-state index in [0.717, 1.165) is 0 Å². The Hall–Kier alpha value is -3.79. The van der Waals surface area contributed by atoms with Crippen molar-refractivity contribution in [2.24, 2.45) is 0 Å². The lowest BCUT2D eigenvalue weighted by molar-refractivity contribution is -0.163. The molecule has 51 heavy (non-hydrogen) atoms. The number of nitrogens with one attached hydrogen (secondary N) is 3. The van der Waals surface area contributed by atoms with Crippen LogP contribution in [0, 0.1) is 5.82 Å². The molecule has 0 radical (unpaired) electrons. The van der Waals surface area contributed by atoms with E-state index in [1.165, 1.54) is 47.4 Å². The summed E-state index contributed by atoms with van der Waals surface area (Å²) in [6.07, 6.45) is -1.85. The number of ether oxygens (including phenoxy) is 3. The van der Waals surface area contributed by atoms with Crippen molar-refractivity contribution in [3.8, 4) is 0 Å². The largest absolute Gasteiger partial charge is 0.445 e. The molecule has 0 bridgehead atoms. The summed E-state index contributed by atoms with van der Waals surface area (Å²) in [6, 6.07) is 14.7. The highest BCUT2D eigenvalue weighted by molar-refractivity contribution is 7.89. The maximum atomic E-state index is 14.2. The molecular weight excluding hydrogens is 726 g/mol. The monoisotopic (exact) mass is 768 g/mol. The molecule has 0 saturated carbocycles. The number of hydrogen-bond acceptors (Lipinski definition) is 8. The molecule has 0 aliphatic carbocycles. The summed E-state index contributed by atoms with van der Waals surface area (Å²) in [4.78, 5) is 42.2. The number of carbonyl (C=O) groups is 3. The number of halogens is 3. The number of alkyl carbamates (subject to hydrolysis) is 1.